The van der Waals surface area contributed by atoms with Crippen molar-refractivity contribution in [2.24, 2.45) is 10.4 Å². The van der Waals surface area contributed by atoms with Crippen LogP contribution in [0.15, 0.2) is 95.8 Å². The summed E-state index contributed by atoms with van der Waals surface area (Å²) in [6, 6.07) is 20.9. The number of amides is 1. The lowest BCUT2D eigenvalue weighted by Gasteiger charge is -2.36. The van der Waals surface area contributed by atoms with Crippen molar-refractivity contribution in [3.8, 4) is 11.3 Å². The summed E-state index contributed by atoms with van der Waals surface area (Å²) in [5, 5.41) is 5.97. The van der Waals surface area contributed by atoms with Crippen molar-refractivity contribution in [3.05, 3.63) is 107 Å². The van der Waals surface area contributed by atoms with Crippen molar-refractivity contribution >= 4 is 40.6 Å². The molecule has 2 aromatic heterocycles. The van der Waals surface area contributed by atoms with E-state index in [0.717, 1.165) is 92.6 Å². The Morgan fingerprint density at radius 3 is 2.38 bits per heavy atom. The van der Waals surface area contributed by atoms with Gasteiger partial charge in [-0.05, 0) is 73.7 Å². The number of hydrogen-bond acceptors (Lipinski definition) is 10. The van der Waals surface area contributed by atoms with Crippen molar-refractivity contribution in [2.45, 2.75) is 73.6 Å². The van der Waals surface area contributed by atoms with Gasteiger partial charge in [0.15, 0.2) is 11.8 Å². The molecule has 0 aliphatic carbocycles. The fourth-order valence-corrected chi connectivity index (χ4v) is 7.23. The number of aliphatic imine (C=N–C) groups is 1. The van der Waals surface area contributed by atoms with Gasteiger partial charge in [0.1, 0.15) is 18.0 Å². The second kappa shape index (κ2) is 18.3. The zero-order chi connectivity index (χ0) is 39.7. The van der Waals surface area contributed by atoms with Gasteiger partial charge in [-0.15, -0.1) is 0 Å². The van der Waals surface area contributed by atoms with Gasteiger partial charge in [0.2, 0.25) is 5.91 Å². The maximum Gasteiger partial charge on any atom is 0.227 e. The Morgan fingerprint density at radius 2 is 1.71 bits per heavy atom. The molecule has 2 aliphatic rings. The van der Waals surface area contributed by atoms with Gasteiger partial charge in [0, 0.05) is 86.3 Å². The van der Waals surface area contributed by atoms with E-state index in [4.69, 9.17) is 9.98 Å². The predicted molar refractivity (Wildman–Crippen MR) is 227 cm³/mol. The highest BCUT2D eigenvalue weighted by Gasteiger charge is 2.23. The average molecular weight is 754 g/mol. The van der Waals surface area contributed by atoms with Gasteiger partial charge < -0.3 is 20.4 Å². The number of anilines is 4. The molecule has 292 valence electrons. The number of aromatic nitrogens is 3. The van der Waals surface area contributed by atoms with Crippen LogP contribution in [0.5, 0.6) is 0 Å². The van der Waals surface area contributed by atoms with Crippen LogP contribution in [0, 0.1) is 12.3 Å². The molecule has 0 saturated carbocycles. The quantitative estimate of drug-likeness (QED) is 0.105. The highest BCUT2D eigenvalue weighted by molar-refractivity contribution is 5.88. The van der Waals surface area contributed by atoms with Crippen molar-refractivity contribution < 1.29 is 9.59 Å². The minimum absolute atomic E-state index is 0.0131. The number of rotatable bonds is 13. The summed E-state index contributed by atoms with van der Waals surface area (Å²) in [6.45, 7) is 18.4. The van der Waals surface area contributed by atoms with Crippen LogP contribution in [-0.2, 0) is 22.4 Å². The minimum atomic E-state index is -0.152. The minimum Gasteiger partial charge on any atom is -0.368 e. The number of carbonyl (C=O) groups excluding carboxylic acids is 2. The van der Waals surface area contributed by atoms with E-state index < -0.39 is 0 Å². The van der Waals surface area contributed by atoms with Crippen molar-refractivity contribution in [3.63, 3.8) is 0 Å². The molecule has 0 bridgehead atoms. The first-order valence-electron chi connectivity index (χ1n) is 19.8. The van der Waals surface area contributed by atoms with Crippen molar-refractivity contribution in [1.82, 2.24) is 25.2 Å². The van der Waals surface area contributed by atoms with Crippen LogP contribution < -0.4 is 20.4 Å². The Balaban J connectivity index is 0.995. The molecule has 0 spiro atoms. The number of piperazine rings is 1. The molecule has 4 heterocycles. The lowest BCUT2D eigenvalue weighted by atomic mass is 9.91. The normalized spacial score (nSPS) is 15.8. The van der Waals surface area contributed by atoms with Gasteiger partial charge in [0.05, 0.1) is 17.6 Å². The molecular weight excluding hydrogens is 699 g/mol. The summed E-state index contributed by atoms with van der Waals surface area (Å²) in [4.78, 5) is 48.6. The molecule has 0 unspecified atom stereocenters. The summed E-state index contributed by atoms with van der Waals surface area (Å²) in [5.41, 5.74) is 10.0. The topological polar surface area (TPSA) is 119 Å². The summed E-state index contributed by atoms with van der Waals surface area (Å²) >= 11 is 0. The number of carbonyl (C=O) groups is 1. The number of benzene rings is 2. The van der Waals surface area contributed by atoms with Crippen molar-refractivity contribution in [1.29, 1.82) is 0 Å². The third kappa shape index (κ3) is 10.4. The number of nitrogens with one attached hydrogen (secondary N) is 2. The fourth-order valence-electron chi connectivity index (χ4n) is 7.23. The summed E-state index contributed by atoms with van der Waals surface area (Å²) in [7, 11) is 0. The van der Waals surface area contributed by atoms with E-state index in [0.29, 0.717) is 18.8 Å². The van der Waals surface area contributed by atoms with E-state index in [-0.39, 0.29) is 17.1 Å². The zero-order valence-electron chi connectivity index (χ0n) is 33.7. The van der Waals surface area contributed by atoms with Gasteiger partial charge in [-0.2, -0.15) is 0 Å². The Bertz CT molecular complexity index is 2090. The smallest absolute Gasteiger partial charge is 0.227 e. The number of nitrogens with zero attached hydrogens (tertiary/aromatic N) is 7. The highest BCUT2D eigenvalue weighted by Crippen LogP contribution is 2.29. The van der Waals surface area contributed by atoms with Gasteiger partial charge in [0.25, 0.3) is 0 Å². The molecular formula is C45H55N9O2. The third-order valence-electron chi connectivity index (χ3n) is 10.5. The van der Waals surface area contributed by atoms with Crippen LogP contribution >= 0.6 is 0 Å². The monoisotopic (exact) mass is 753 g/mol. The van der Waals surface area contributed by atoms with Gasteiger partial charge in [-0.1, -0.05) is 64.5 Å². The summed E-state index contributed by atoms with van der Waals surface area (Å²) in [5.74, 6) is 3.31. The first kappa shape index (κ1) is 40.0. The summed E-state index contributed by atoms with van der Waals surface area (Å²) < 4.78 is 0. The molecule has 1 amide bonds. The van der Waals surface area contributed by atoms with E-state index in [1.54, 1.807) is 11.2 Å². The van der Waals surface area contributed by atoms with Crippen LogP contribution in [0.1, 0.15) is 70.6 Å². The molecule has 0 radical (unpaired) electrons. The second-order valence-electron chi connectivity index (χ2n) is 15.6. The largest absolute Gasteiger partial charge is 0.368 e. The number of hydrogen-bond donors (Lipinski definition) is 2. The molecule has 4 aromatic rings. The maximum absolute atomic E-state index is 11.6. The SMILES string of the molecule is C/C=C(\N=C(CCC)Cc1ccc(-c2cc(Nc3ccc(N4CCN(CCc5ccc(N6CCC(=O)NC6=C=O)cc5)CC4)cn3)ncn2)cc1C)C(C)(C)C. The molecule has 2 N–H and O–H groups in total. The Labute approximate surface area is 331 Å². The van der Waals surface area contributed by atoms with Crippen LogP contribution in [-0.4, -0.2) is 76.7 Å². The number of allylic oxidation sites excluding steroid dienone is 2. The molecule has 0 atom stereocenters. The predicted octanol–water partition coefficient (Wildman–Crippen LogP) is 7.69. The Hall–Kier alpha value is -5.64. The molecule has 2 fully saturated rings. The lowest BCUT2D eigenvalue weighted by molar-refractivity contribution is -0.120. The molecule has 11 nitrogen and oxygen atoms in total. The molecule has 2 aliphatic heterocycles. The summed E-state index contributed by atoms with van der Waals surface area (Å²) in [6.07, 6.45) is 9.84. The van der Waals surface area contributed by atoms with Crippen molar-refractivity contribution in [2.75, 3.05) is 54.4 Å². The Morgan fingerprint density at radius 1 is 0.946 bits per heavy atom. The van der Waals surface area contributed by atoms with Gasteiger partial charge in [-0.3, -0.25) is 14.7 Å². The van der Waals surface area contributed by atoms with Crippen LogP contribution in [0.2, 0.25) is 0 Å². The standard InChI is InChI=1S/C45H55N9O2/c1-7-9-36(49-40(8-2)45(4,5)6)27-34-12-13-35(26-32(34)3)39-28-42(48-31-47-39)50-41-17-16-38(29-46-41)53-24-22-52(23-25-53)20-18-33-10-14-37(15-11-33)54-21-19-44(56)51-43(54)30-55/h8,10-17,26,28-29,31H,7,9,18-25,27H2,1-6H3,(H,51,56)(H,46,47,48,50)/b40-8-,49-36?. The average Bonchev–Trinajstić information content (AvgIpc) is 3.20. The molecule has 56 heavy (non-hydrogen) atoms. The third-order valence-corrected chi connectivity index (χ3v) is 10.5. The maximum atomic E-state index is 11.6. The molecule has 2 saturated heterocycles. The lowest BCUT2D eigenvalue weighted by Crippen LogP contribution is -2.47. The van der Waals surface area contributed by atoms with E-state index >= 15 is 0 Å². The first-order chi connectivity index (χ1) is 27.0. The van der Waals surface area contributed by atoms with Gasteiger partial charge >= 0.3 is 0 Å². The molecule has 6 rings (SSSR count). The van der Waals surface area contributed by atoms with E-state index in [1.807, 2.05) is 36.4 Å². The van der Waals surface area contributed by atoms with Crippen LogP contribution in [0.4, 0.5) is 23.0 Å². The molecule has 11 heteroatoms. The fraction of sp³-hybridized carbons (Fsp3) is 0.400. The van der Waals surface area contributed by atoms with Gasteiger partial charge in [-0.25, -0.2) is 19.7 Å². The number of pyridine rings is 1. The number of aryl methyl sites for hydroxylation is 1. The Kier molecular flexibility index (Phi) is 13.1. The van der Waals surface area contributed by atoms with E-state index in [9.17, 15) is 9.59 Å². The van der Waals surface area contributed by atoms with Crippen LogP contribution in [0.3, 0.4) is 0 Å². The second-order valence-corrected chi connectivity index (χ2v) is 15.6. The first-order valence-corrected chi connectivity index (χ1v) is 19.8. The zero-order valence-corrected chi connectivity index (χ0v) is 33.7. The highest BCUT2D eigenvalue weighted by atomic mass is 16.2. The van der Waals surface area contributed by atoms with E-state index in [1.165, 1.54) is 22.4 Å². The molecule has 2 aromatic carbocycles. The van der Waals surface area contributed by atoms with E-state index in [2.05, 4.69) is 114 Å². The van der Waals surface area contributed by atoms with Crippen LogP contribution in [0.25, 0.3) is 11.3 Å².